The largest absolute Gasteiger partial charge is 0.370 e. The molecule has 1 fully saturated rings. The number of nitrogens with two attached hydrogens (primary N) is 1. The lowest BCUT2D eigenvalue weighted by Gasteiger charge is -2.06. The van der Waals surface area contributed by atoms with Crippen molar-refractivity contribution < 1.29 is 14.4 Å². The van der Waals surface area contributed by atoms with E-state index in [4.69, 9.17) is 0 Å². The quantitative estimate of drug-likeness (QED) is 0.586. The Labute approximate surface area is 82.4 Å². The van der Waals surface area contributed by atoms with E-state index in [0.29, 0.717) is 13.0 Å². The lowest BCUT2D eigenvalue weighted by Crippen LogP contribution is -2.27. The van der Waals surface area contributed by atoms with Gasteiger partial charge in [0.15, 0.2) is 0 Å². The van der Waals surface area contributed by atoms with E-state index in [2.05, 4.69) is 11.1 Å². The summed E-state index contributed by atoms with van der Waals surface area (Å²) in [5, 5.41) is 2.17. The third-order valence-electron chi connectivity index (χ3n) is 1.60. The van der Waals surface area contributed by atoms with Crippen LogP contribution in [0.25, 0.3) is 0 Å². The summed E-state index contributed by atoms with van der Waals surface area (Å²) in [5.41, 5.74) is 4.65. The number of likely N-dealkylation sites (N-methyl/N-ethyl adjacent to an activating group) is 1. The van der Waals surface area contributed by atoms with Gasteiger partial charge >= 0.3 is 6.03 Å². The Balaban J connectivity index is 0.000000292. The molecule has 1 heterocycles. The maximum absolute atomic E-state index is 10.6. The summed E-state index contributed by atoms with van der Waals surface area (Å²) in [4.78, 5) is 32.1. The zero-order valence-corrected chi connectivity index (χ0v) is 8.37. The molecule has 0 saturated carbocycles. The highest BCUT2D eigenvalue weighted by atomic mass is 16.2. The van der Waals surface area contributed by atoms with Gasteiger partial charge in [-0.2, -0.15) is 0 Å². The number of primary amides is 1. The van der Waals surface area contributed by atoms with Crippen molar-refractivity contribution in [1.29, 1.82) is 0 Å². The fourth-order valence-electron chi connectivity index (χ4n) is 0.738. The molecule has 6 heteroatoms. The third-order valence-corrected chi connectivity index (χ3v) is 1.60. The first-order valence-corrected chi connectivity index (χ1v) is 4.38. The van der Waals surface area contributed by atoms with Crippen LogP contribution in [0.15, 0.2) is 0 Å². The summed E-state index contributed by atoms with van der Waals surface area (Å²) >= 11 is 0. The molecule has 0 spiro atoms. The molecule has 0 unspecified atom stereocenters. The molecule has 1 aliphatic heterocycles. The van der Waals surface area contributed by atoms with Gasteiger partial charge in [-0.05, 0) is 6.92 Å². The summed E-state index contributed by atoms with van der Waals surface area (Å²) in [6.45, 7) is 4.37. The van der Waals surface area contributed by atoms with Crippen LogP contribution in [0.2, 0.25) is 0 Å². The molecule has 0 radical (unpaired) electrons. The Morgan fingerprint density at radius 3 is 2.14 bits per heavy atom. The van der Waals surface area contributed by atoms with Crippen LogP contribution in [-0.4, -0.2) is 35.8 Å². The minimum absolute atomic E-state index is 0.207. The van der Waals surface area contributed by atoms with Gasteiger partial charge in [-0.15, -0.1) is 0 Å². The number of carbonyl (C=O) groups is 3. The van der Waals surface area contributed by atoms with Crippen molar-refractivity contribution in [3.63, 3.8) is 0 Å². The Morgan fingerprint density at radius 1 is 1.50 bits per heavy atom. The first-order chi connectivity index (χ1) is 6.51. The van der Waals surface area contributed by atoms with Gasteiger partial charge in [-0.3, -0.25) is 14.9 Å². The number of hydrogen-bond donors (Lipinski definition) is 2. The zero-order chi connectivity index (χ0) is 11.1. The third kappa shape index (κ3) is 4.44. The van der Waals surface area contributed by atoms with Crippen molar-refractivity contribution >= 4 is 17.8 Å². The fourth-order valence-corrected chi connectivity index (χ4v) is 0.738. The van der Waals surface area contributed by atoms with Gasteiger partial charge in [0, 0.05) is 13.0 Å². The Bertz CT molecular complexity index is 240. The first kappa shape index (κ1) is 12.4. The maximum atomic E-state index is 10.6. The molecule has 0 aromatic heterocycles. The smallest absolute Gasteiger partial charge is 0.324 e. The minimum Gasteiger partial charge on any atom is -0.370 e. The van der Waals surface area contributed by atoms with Crippen molar-refractivity contribution in [3.8, 4) is 0 Å². The van der Waals surface area contributed by atoms with E-state index < -0.39 is 0 Å². The van der Waals surface area contributed by atoms with Crippen LogP contribution < -0.4 is 11.1 Å². The highest BCUT2D eigenvalue weighted by Crippen LogP contribution is 1.95. The lowest BCUT2D eigenvalue weighted by atomic mass is 10.5. The number of nitrogens with one attached hydrogen (secondary N) is 1. The maximum Gasteiger partial charge on any atom is 0.324 e. The van der Waals surface area contributed by atoms with Crippen molar-refractivity contribution in [2.75, 3.05) is 13.1 Å². The summed E-state index contributed by atoms with van der Waals surface area (Å²) in [6.07, 6.45) is 0.444. The Kier molecular flexibility index (Phi) is 5.28. The molecule has 0 aromatic carbocycles. The van der Waals surface area contributed by atoms with E-state index in [1.807, 2.05) is 6.92 Å². The van der Waals surface area contributed by atoms with Crippen LogP contribution in [0.5, 0.6) is 0 Å². The molecule has 0 aromatic rings. The molecule has 3 N–H and O–H groups in total. The average molecular weight is 201 g/mol. The van der Waals surface area contributed by atoms with Gasteiger partial charge in [0.25, 0.3) is 0 Å². The number of imide groups is 1. The average Bonchev–Trinajstić information content (AvgIpc) is 2.45. The van der Waals surface area contributed by atoms with Gasteiger partial charge in [0.05, 0.1) is 0 Å². The molecule has 0 aliphatic carbocycles. The lowest BCUT2D eigenvalue weighted by molar-refractivity contribution is -0.118. The molecule has 14 heavy (non-hydrogen) atoms. The van der Waals surface area contributed by atoms with Gasteiger partial charge in [0.1, 0.15) is 6.54 Å². The molecule has 1 aliphatic rings. The molecular formula is C8H15N3O3. The van der Waals surface area contributed by atoms with Crippen LogP contribution in [0.3, 0.4) is 0 Å². The predicted molar refractivity (Wildman–Crippen MR) is 50.3 cm³/mol. The Morgan fingerprint density at radius 2 is 2.00 bits per heavy atom. The SMILES string of the molecule is CCC(N)=O.CCN1CC(=O)NC1=O. The second kappa shape index (κ2) is 5.95. The Hall–Kier alpha value is -1.59. The van der Waals surface area contributed by atoms with Crippen molar-refractivity contribution in [3.05, 3.63) is 0 Å². The van der Waals surface area contributed by atoms with E-state index in [1.165, 1.54) is 4.90 Å². The van der Waals surface area contributed by atoms with E-state index in [1.54, 1.807) is 6.92 Å². The number of urea groups is 1. The van der Waals surface area contributed by atoms with Crippen LogP contribution in [0.4, 0.5) is 4.79 Å². The van der Waals surface area contributed by atoms with Crippen LogP contribution in [0, 0.1) is 0 Å². The number of carbonyl (C=O) groups excluding carboxylic acids is 3. The summed E-state index contributed by atoms with van der Waals surface area (Å²) in [5.74, 6) is -0.452. The van der Waals surface area contributed by atoms with Crippen molar-refractivity contribution in [2.45, 2.75) is 20.3 Å². The summed E-state index contributed by atoms with van der Waals surface area (Å²) in [6, 6.07) is -0.275. The van der Waals surface area contributed by atoms with Crippen molar-refractivity contribution in [1.82, 2.24) is 10.2 Å². The molecule has 0 atom stereocenters. The molecule has 0 bridgehead atoms. The van der Waals surface area contributed by atoms with Crippen LogP contribution in [-0.2, 0) is 9.59 Å². The monoisotopic (exact) mass is 201 g/mol. The first-order valence-electron chi connectivity index (χ1n) is 4.38. The van der Waals surface area contributed by atoms with Crippen molar-refractivity contribution in [2.24, 2.45) is 5.73 Å². The second-order valence-electron chi connectivity index (χ2n) is 2.69. The van der Waals surface area contributed by atoms with E-state index in [-0.39, 0.29) is 24.4 Å². The fraction of sp³-hybridized carbons (Fsp3) is 0.625. The molecule has 1 saturated heterocycles. The van der Waals surface area contributed by atoms with Gasteiger partial charge in [0.2, 0.25) is 11.8 Å². The molecular weight excluding hydrogens is 186 g/mol. The molecule has 4 amide bonds. The predicted octanol–water partition coefficient (Wildman–Crippen LogP) is -0.560. The van der Waals surface area contributed by atoms with E-state index in [9.17, 15) is 14.4 Å². The highest BCUT2D eigenvalue weighted by Gasteiger charge is 2.24. The molecule has 1 rings (SSSR count). The number of amides is 4. The molecule has 80 valence electrons. The topological polar surface area (TPSA) is 92.5 Å². The number of nitrogens with zero attached hydrogens (tertiary/aromatic N) is 1. The second-order valence-corrected chi connectivity index (χ2v) is 2.69. The zero-order valence-electron chi connectivity index (χ0n) is 8.37. The van der Waals surface area contributed by atoms with Gasteiger partial charge in [-0.1, -0.05) is 6.92 Å². The highest BCUT2D eigenvalue weighted by molar-refractivity contribution is 6.01. The normalized spacial score (nSPS) is 14.6. The van der Waals surface area contributed by atoms with E-state index >= 15 is 0 Å². The summed E-state index contributed by atoms with van der Waals surface area (Å²) < 4.78 is 0. The van der Waals surface area contributed by atoms with Crippen LogP contribution in [0.1, 0.15) is 20.3 Å². The summed E-state index contributed by atoms with van der Waals surface area (Å²) in [7, 11) is 0. The molecule has 6 nitrogen and oxygen atoms in total. The standard InChI is InChI=1S/C5H8N2O2.C3H7NO/c1-2-7-3-4(8)6-5(7)9;1-2-3(4)5/h2-3H2,1H3,(H,6,8,9);2H2,1H3,(H2,4,5). The number of rotatable bonds is 2. The van der Waals surface area contributed by atoms with Crippen LogP contribution >= 0.6 is 0 Å². The van der Waals surface area contributed by atoms with Gasteiger partial charge in [-0.25, -0.2) is 4.79 Å². The van der Waals surface area contributed by atoms with Gasteiger partial charge < -0.3 is 10.6 Å². The number of hydrogen-bond acceptors (Lipinski definition) is 3. The van der Waals surface area contributed by atoms with E-state index in [0.717, 1.165) is 0 Å². The minimum atomic E-state index is -0.275.